The zero-order valence-corrected chi connectivity index (χ0v) is 11.4. The molecule has 0 radical (unpaired) electrons. The number of nitro groups is 1. The Balaban J connectivity index is 2.39. The van der Waals surface area contributed by atoms with Crippen LogP contribution in [0.5, 0.6) is 0 Å². The lowest BCUT2D eigenvalue weighted by Crippen LogP contribution is -2.38. The first-order chi connectivity index (χ1) is 8.18. The Bertz CT molecular complexity index is 604. The maximum Gasteiger partial charge on any atom is 0.255 e. The van der Waals surface area contributed by atoms with E-state index in [1.54, 1.807) is 0 Å². The fourth-order valence-electron chi connectivity index (χ4n) is 2.59. The maximum atomic E-state index is 11.1. The summed E-state index contributed by atoms with van der Waals surface area (Å²) in [6, 6.07) is 7.80. The molecule has 0 N–H and O–H groups in total. The van der Waals surface area contributed by atoms with Crippen LogP contribution in [0.3, 0.4) is 0 Å². The van der Waals surface area contributed by atoms with E-state index in [4.69, 9.17) is 0 Å². The van der Waals surface area contributed by atoms with Gasteiger partial charge >= 0.3 is 0 Å². The number of alkyl halides is 1. The topological polar surface area (TPSA) is 43.1 Å². The number of halogens is 1. The molecule has 1 saturated carbocycles. The summed E-state index contributed by atoms with van der Waals surface area (Å²) in [6.07, 6.45) is 3.06. The predicted octanol–water partition coefficient (Wildman–Crippen LogP) is 1.84. The van der Waals surface area contributed by atoms with Crippen molar-refractivity contribution in [3.8, 4) is 0 Å². The van der Waals surface area contributed by atoms with Crippen molar-refractivity contribution >= 4 is 33.9 Å². The van der Waals surface area contributed by atoms with Crippen molar-refractivity contribution in [2.45, 2.75) is 23.2 Å². The summed E-state index contributed by atoms with van der Waals surface area (Å²) in [5.41, 5.74) is 1.82. The van der Waals surface area contributed by atoms with Crippen molar-refractivity contribution < 1.29 is 4.92 Å². The molecule has 2 aliphatic rings. The van der Waals surface area contributed by atoms with Crippen LogP contribution in [0.4, 0.5) is 0 Å². The summed E-state index contributed by atoms with van der Waals surface area (Å²) < 4.78 is 0.287. The molecule has 3 rings (SSSR count). The average Bonchev–Trinajstić information content (AvgIpc) is 3.12. The maximum absolute atomic E-state index is 11.1. The number of fused-ring (bicyclic) bond motifs is 1. The molecule has 4 heteroatoms. The van der Waals surface area contributed by atoms with E-state index in [2.05, 4.69) is 22.6 Å². The molecule has 0 unspecified atom stereocenters. The summed E-state index contributed by atoms with van der Waals surface area (Å²) in [5, 5.41) is 13.1. The van der Waals surface area contributed by atoms with Gasteiger partial charge in [0.1, 0.15) is 0 Å². The molecule has 0 spiro atoms. The number of hydrogen-bond donors (Lipinski definition) is 0. The molecule has 88 valence electrons. The van der Waals surface area contributed by atoms with Crippen molar-refractivity contribution in [1.82, 2.24) is 0 Å². The molecule has 1 aromatic carbocycles. The van der Waals surface area contributed by atoms with Crippen LogP contribution in [0, 0.1) is 16.0 Å². The first kappa shape index (κ1) is 11.2. The van der Waals surface area contributed by atoms with Crippen molar-refractivity contribution in [2.24, 2.45) is 5.92 Å². The highest BCUT2D eigenvalue weighted by molar-refractivity contribution is 14.1. The fourth-order valence-corrected chi connectivity index (χ4v) is 3.85. The molecule has 0 bridgehead atoms. The monoisotopic (exact) mass is 341 g/mol. The van der Waals surface area contributed by atoms with E-state index in [0.29, 0.717) is 18.0 Å². The van der Waals surface area contributed by atoms with Gasteiger partial charge in [-0.05, 0) is 35.6 Å². The van der Waals surface area contributed by atoms with Gasteiger partial charge in [0, 0.05) is 3.92 Å². The number of nitrogens with zero attached hydrogens (tertiary/aromatic N) is 1. The van der Waals surface area contributed by atoms with Crippen molar-refractivity contribution in [3.63, 3.8) is 0 Å². The average molecular weight is 341 g/mol. The first-order valence-corrected chi connectivity index (χ1v) is 7.04. The normalized spacial score (nSPS) is 23.5. The van der Waals surface area contributed by atoms with Gasteiger partial charge in [-0.15, -0.1) is 0 Å². The van der Waals surface area contributed by atoms with Crippen molar-refractivity contribution in [1.29, 1.82) is 0 Å². The lowest BCUT2D eigenvalue weighted by molar-refractivity contribution is -0.382. The van der Waals surface area contributed by atoms with Gasteiger partial charge in [-0.25, -0.2) is 0 Å². The van der Waals surface area contributed by atoms with E-state index < -0.39 is 0 Å². The van der Waals surface area contributed by atoms with Gasteiger partial charge in [-0.3, -0.25) is 10.1 Å². The number of rotatable bonds is 2. The minimum atomic E-state index is -0.214. The third-order valence-corrected chi connectivity index (χ3v) is 4.61. The van der Waals surface area contributed by atoms with E-state index in [1.165, 1.54) is 18.4 Å². The van der Waals surface area contributed by atoms with Gasteiger partial charge < -0.3 is 0 Å². The molecule has 1 atom stereocenters. The summed E-state index contributed by atoms with van der Waals surface area (Å²) in [4.78, 5) is 10.9. The number of hydrogen-bond acceptors (Lipinski definition) is 2. The van der Waals surface area contributed by atoms with Crippen LogP contribution >= 0.6 is 22.6 Å². The molecule has 0 aromatic heterocycles. The summed E-state index contributed by atoms with van der Waals surface area (Å²) in [6.45, 7) is 0. The molecule has 1 aromatic rings. The second-order valence-corrected chi connectivity index (χ2v) is 6.15. The molecular weight excluding hydrogens is 329 g/mol. The zero-order chi connectivity index (χ0) is 12.0. The molecular formula is C13H12INO2. The lowest BCUT2D eigenvalue weighted by atomic mass is 9.94. The minimum Gasteiger partial charge on any atom is -0.259 e. The van der Waals surface area contributed by atoms with Crippen LogP contribution in [0.1, 0.15) is 19.3 Å². The second-order valence-electron chi connectivity index (χ2n) is 4.65. The molecule has 0 aliphatic heterocycles. The Morgan fingerprint density at radius 1 is 1.24 bits per heavy atom. The Kier molecular flexibility index (Phi) is 2.69. The largest absolute Gasteiger partial charge is 0.259 e. The van der Waals surface area contributed by atoms with Gasteiger partial charge in [0.05, 0.1) is 16.6 Å². The smallest absolute Gasteiger partial charge is 0.255 e. The van der Waals surface area contributed by atoms with Crippen LogP contribution < -0.4 is 10.4 Å². The molecule has 17 heavy (non-hydrogen) atoms. The van der Waals surface area contributed by atoms with Crippen molar-refractivity contribution in [3.05, 3.63) is 44.8 Å². The van der Waals surface area contributed by atoms with Crippen LogP contribution in [-0.2, 0) is 0 Å². The summed E-state index contributed by atoms with van der Waals surface area (Å²) in [7, 11) is 0. The van der Waals surface area contributed by atoms with Crippen LogP contribution in [-0.4, -0.2) is 8.85 Å². The zero-order valence-electron chi connectivity index (χ0n) is 9.23. The van der Waals surface area contributed by atoms with Crippen LogP contribution in [0.15, 0.2) is 24.3 Å². The van der Waals surface area contributed by atoms with E-state index in [0.717, 1.165) is 10.4 Å². The standard InChI is InChI=1S/C13H12INO2/c14-11-7-12(15(16)17)9-3-1-2-4-10(9)13(11)8-5-6-8/h1-4,8,11H,5-7H2/t11-/m1/s1. The fraction of sp³-hybridized carbons (Fsp3) is 0.385. The molecule has 0 saturated heterocycles. The van der Waals surface area contributed by atoms with E-state index in [1.807, 2.05) is 24.3 Å². The Hall–Kier alpha value is -0.910. The van der Waals surface area contributed by atoms with Crippen LogP contribution in [0.25, 0.3) is 11.3 Å². The second kappa shape index (κ2) is 4.08. The van der Waals surface area contributed by atoms with Gasteiger partial charge in [0.2, 0.25) is 0 Å². The van der Waals surface area contributed by atoms with Gasteiger partial charge in [0.15, 0.2) is 0 Å². The summed E-state index contributed by atoms with van der Waals surface area (Å²) in [5.74, 6) is 0.673. The van der Waals surface area contributed by atoms with Gasteiger partial charge in [-0.1, -0.05) is 40.8 Å². The number of benzene rings is 1. The molecule has 0 heterocycles. The molecule has 0 amide bonds. The minimum absolute atomic E-state index is 0.214. The molecule has 2 aliphatic carbocycles. The SMILES string of the molecule is O=[N+]([O-])C1=c2ccccc2=C(C2CC2)[C@H](I)C1. The predicted molar refractivity (Wildman–Crippen MR) is 74.7 cm³/mol. The summed E-state index contributed by atoms with van der Waals surface area (Å²) >= 11 is 2.36. The molecule has 1 fully saturated rings. The Morgan fingerprint density at radius 2 is 1.88 bits per heavy atom. The van der Waals surface area contributed by atoms with E-state index >= 15 is 0 Å². The molecule has 3 nitrogen and oxygen atoms in total. The lowest BCUT2D eigenvalue weighted by Gasteiger charge is -2.17. The van der Waals surface area contributed by atoms with Gasteiger partial charge in [-0.2, -0.15) is 0 Å². The third kappa shape index (κ3) is 1.88. The van der Waals surface area contributed by atoms with E-state index in [-0.39, 0.29) is 8.85 Å². The highest BCUT2D eigenvalue weighted by Crippen LogP contribution is 2.42. The highest BCUT2D eigenvalue weighted by Gasteiger charge is 2.35. The van der Waals surface area contributed by atoms with Crippen LogP contribution in [0.2, 0.25) is 0 Å². The third-order valence-electron chi connectivity index (χ3n) is 3.50. The van der Waals surface area contributed by atoms with Crippen molar-refractivity contribution in [2.75, 3.05) is 0 Å². The van der Waals surface area contributed by atoms with E-state index in [9.17, 15) is 10.1 Å². The highest BCUT2D eigenvalue weighted by atomic mass is 127. The quantitative estimate of drug-likeness (QED) is 0.357. The Morgan fingerprint density at radius 3 is 2.47 bits per heavy atom. The Labute approximate surface area is 113 Å². The van der Waals surface area contributed by atoms with Gasteiger partial charge in [0.25, 0.3) is 5.70 Å². The first-order valence-electron chi connectivity index (χ1n) is 5.79.